The Balaban J connectivity index is 2.30. The molecule has 0 amide bonds. The minimum atomic E-state index is 0.536. The molecule has 0 fully saturated rings. The van der Waals surface area contributed by atoms with E-state index >= 15 is 0 Å². The van der Waals surface area contributed by atoms with Gasteiger partial charge in [-0.3, -0.25) is 0 Å². The summed E-state index contributed by atoms with van der Waals surface area (Å²) in [5.74, 6) is 1.47. The van der Waals surface area contributed by atoms with Crippen LogP contribution in [-0.2, 0) is 0 Å². The molecule has 19 heavy (non-hydrogen) atoms. The maximum absolute atomic E-state index is 5.61. The second-order valence-corrected chi connectivity index (χ2v) is 5.49. The fraction of sp³-hybridized carbons (Fsp3) is 0.462. The summed E-state index contributed by atoms with van der Waals surface area (Å²) in [6.07, 6.45) is 6.09. The minimum absolute atomic E-state index is 0.536. The minimum Gasteiger partial charge on any atom is -0.393 e. The van der Waals surface area contributed by atoms with Crippen LogP contribution >= 0.6 is 12.2 Å². The zero-order valence-corrected chi connectivity index (χ0v) is 12.1. The Morgan fingerprint density at radius 3 is 2.95 bits per heavy atom. The van der Waals surface area contributed by atoms with Crippen LogP contribution in [0.25, 0.3) is 5.52 Å². The molecule has 5 nitrogen and oxygen atoms in total. The SMILES string of the molecule is CC(C)CN(CCC(N)=S)c1nccn2nccc12. The van der Waals surface area contributed by atoms with Crippen LogP contribution in [0, 0.1) is 5.92 Å². The standard InChI is InChI=1S/C13H19N5S/c1-10(2)9-17(7-4-12(14)19)13-11-3-5-16-18(11)8-6-15-13/h3,5-6,8,10H,4,7,9H2,1-2H3,(H2,14,19). The topological polar surface area (TPSA) is 59.5 Å². The van der Waals surface area contributed by atoms with E-state index in [2.05, 4.69) is 28.8 Å². The van der Waals surface area contributed by atoms with Crippen LogP contribution in [0.1, 0.15) is 20.3 Å². The quantitative estimate of drug-likeness (QED) is 0.817. The summed E-state index contributed by atoms with van der Waals surface area (Å²) in [5, 5.41) is 4.24. The van der Waals surface area contributed by atoms with Crippen molar-refractivity contribution in [2.75, 3.05) is 18.0 Å². The number of thiocarbonyl (C=S) groups is 1. The van der Waals surface area contributed by atoms with Gasteiger partial charge in [-0.05, 0) is 12.0 Å². The summed E-state index contributed by atoms with van der Waals surface area (Å²) in [6.45, 7) is 6.07. The summed E-state index contributed by atoms with van der Waals surface area (Å²) in [5.41, 5.74) is 6.61. The van der Waals surface area contributed by atoms with Gasteiger partial charge < -0.3 is 10.6 Å². The van der Waals surface area contributed by atoms with Gasteiger partial charge in [0, 0.05) is 31.9 Å². The number of aromatic nitrogens is 3. The molecule has 0 radical (unpaired) electrons. The third kappa shape index (κ3) is 3.41. The van der Waals surface area contributed by atoms with Crippen LogP contribution in [-0.4, -0.2) is 32.7 Å². The van der Waals surface area contributed by atoms with E-state index in [0.29, 0.717) is 17.3 Å². The highest BCUT2D eigenvalue weighted by Gasteiger charge is 2.14. The van der Waals surface area contributed by atoms with Gasteiger partial charge in [0.2, 0.25) is 0 Å². The fourth-order valence-electron chi connectivity index (χ4n) is 2.06. The number of hydrogen-bond donors (Lipinski definition) is 1. The Labute approximate surface area is 118 Å². The zero-order valence-electron chi connectivity index (χ0n) is 11.3. The molecule has 0 aliphatic rings. The van der Waals surface area contributed by atoms with Crippen LogP contribution in [0.5, 0.6) is 0 Å². The van der Waals surface area contributed by atoms with Gasteiger partial charge in [0.05, 0.1) is 11.2 Å². The van der Waals surface area contributed by atoms with Gasteiger partial charge in [0.1, 0.15) is 5.52 Å². The zero-order chi connectivity index (χ0) is 13.8. The Hall–Kier alpha value is -1.69. The van der Waals surface area contributed by atoms with E-state index in [4.69, 9.17) is 18.0 Å². The van der Waals surface area contributed by atoms with Crippen LogP contribution in [0.3, 0.4) is 0 Å². The monoisotopic (exact) mass is 277 g/mol. The van der Waals surface area contributed by atoms with Crippen LogP contribution in [0.4, 0.5) is 5.82 Å². The van der Waals surface area contributed by atoms with Crippen molar-refractivity contribution in [3.8, 4) is 0 Å². The Morgan fingerprint density at radius 2 is 2.26 bits per heavy atom. The highest BCUT2D eigenvalue weighted by molar-refractivity contribution is 7.80. The van der Waals surface area contributed by atoms with Gasteiger partial charge in [-0.1, -0.05) is 26.1 Å². The first-order chi connectivity index (χ1) is 9.08. The second-order valence-electron chi connectivity index (χ2n) is 4.97. The molecular formula is C13H19N5S. The molecule has 0 unspecified atom stereocenters. The summed E-state index contributed by atoms with van der Waals surface area (Å²) in [4.78, 5) is 7.25. The van der Waals surface area contributed by atoms with E-state index < -0.39 is 0 Å². The van der Waals surface area contributed by atoms with Crippen LogP contribution in [0.2, 0.25) is 0 Å². The Kier molecular flexibility index (Phi) is 4.31. The molecular weight excluding hydrogens is 258 g/mol. The smallest absolute Gasteiger partial charge is 0.154 e. The van der Waals surface area contributed by atoms with Gasteiger partial charge in [0.25, 0.3) is 0 Å². The van der Waals surface area contributed by atoms with Gasteiger partial charge in [-0.25, -0.2) is 9.50 Å². The van der Waals surface area contributed by atoms with Crippen LogP contribution < -0.4 is 10.6 Å². The van der Waals surface area contributed by atoms with Crippen LogP contribution in [0.15, 0.2) is 24.7 Å². The van der Waals surface area contributed by atoms with Gasteiger partial charge in [-0.2, -0.15) is 5.10 Å². The van der Waals surface area contributed by atoms with E-state index in [1.54, 1.807) is 12.4 Å². The average molecular weight is 277 g/mol. The van der Waals surface area contributed by atoms with E-state index in [-0.39, 0.29) is 0 Å². The molecule has 0 aliphatic carbocycles. The average Bonchev–Trinajstić information content (AvgIpc) is 2.81. The molecule has 0 aromatic carbocycles. The van der Waals surface area contributed by atoms with E-state index in [0.717, 1.165) is 24.4 Å². The largest absolute Gasteiger partial charge is 0.393 e. The van der Waals surface area contributed by atoms with Crippen molar-refractivity contribution in [3.05, 3.63) is 24.7 Å². The number of rotatable bonds is 6. The molecule has 0 atom stereocenters. The van der Waals surface area contributed by atoms with Crippen molar-refractivity contribution in [3.63, 3.8) is 0 Å². The molecule has 102 valence electrons. The van der Waals surface area contributed by atoms with E-state index in [9.17, 15) is 0 Å². The Bertz CT molecular complexity index is 563. The summed E-state index contributed by atoms with van der Waals surface area (Å²) < 4.78 is 1.83. The second kappa shape index (κ2) is 5.97. The van der Waals surface area contributed by atoms with Gasteiger partial charge >= 0.3 is 0 Å². The van der Waals surface area contributed by atoms with Crippen molar-refractivity contribution in [1.29, 1.82) is 0 Å². The highest BCUT2D eigenvalue weighted by Crippen LogP contribution is 2.19. The van der Waals surface area contributed by atoms with Crippen molar-refractivity contribution in [2.24, 2.45) is 11.7 Å². The molecule has 6 heteroatoms. The fourth-order valence-corrected chi connectivity index (χ4v) is 2.15. The van der Waals surface area contributed by atoms with Gasteiger partial charge in [-0.15, -0.1) is 0 Å². The summed E-state index contributed by atoms with van der Waals surface area (Å²) >= 11 is 4.97. The van der Waals surface area contributed by atoms with Crippen molar-refractivity contribution in [2.45, 2.75) is 20.3 Å². The lowest BCUT2D eigenvalue weighted by Gasteiger charge is -2.25. The predicted octanol–water partition coefficient (Wildman–Crippen LogP) is 1.87. The maximum atomic E-state index is 5.61. The number of hydrogen-bond acceptors (Lipinski definition) is 4. The number of nitrogens with two attached hydrogens (primary N) is 1. The maximum Gasteiger partial charge on any atom is 0.154 e. The first-order valence-corrected chi connectivity index (χ1v) is 6.80. The van der Waals surface area contributed by atoms with E-state index in [1.165, 1.54) is 0 Å². The molecule has 2 heterocycles. The third-order valence-corrected chi connectivity index (χ3v) is 3.02. The molecule has 0 spiro atoms. The molecule has 0 saturated carbocycles. The van der Waals surface area contributed by atoms with Gasteiger partial charge in [0.15, 0.2) is 5.82 Å². The van der Waals surface area contributed by atoms with Crippen molar-refractivity contribution < 1.29 is 0 Å². The number of anilines is 1. The lowest BCUT2D eigenvalue weighted by Crippen LogP contribution is -2.32. The molecule has 2 aromatic heterocycles. The lowest BCUT2D eigenvalue weighted by atomic mass is 10.2. The highest BCUT2D eigenvalue weighted by atomic mass is 32.1. The number of fused-ring (bicyclic) bond motifs is 1. The molecule has 2 rings (SSSR count). The third-order valence-electron chi connectivity index (χ3n) is 2.82. The number of nitrogens with zero attached hydrogens (tertiary/aromatic N) is 4. The first kappa shape index (κ1) is 13.7. The van der Waals surface area contributed by atoms with Crippen molar-refractivity contribution >= 4 is 28.5 Å². The van der Waals surface area contributed by atoms with Crippen molar-refractivity contribution in [1.82, 2.24) is 14.6 Å². The van der Waals surface area contributed by atoms with E-state index in [1.807, 2.05) is 16.8 Å². The first-order valence-electron chi connectivity index (χ1n) is 6.39. The molecule has 0 saturated heterocycles. The molecule has 0 bridgehead atoms. The molecule has 2 N–H and O–H groups in total. The Morgan fingerprint density at radius 1 is 1.47 bits per heavy atom. The predicted molar refractivity (Wildman–Crippen MR) is 81.4 cm³/mol. The summed E-state index contributed by atoms with van der Waals surface area (Å²) in [6, 6.07) is 1.97. The molecule has 0 aliphatic heterocycles. The lowest BCUT2D eigenvalue weighted by molar-refractivity contribution is 0.609. The summed E-state index contributed by atoms with van der Waals surface area (Å²) in [7, 11) is 0. The molecule has 2 aromatic rings. The normalized spacial score (nSPS) is 11.1.